The van der Waals surface area contributed by atoms with Crippen LogP contribution in [0.15, 0.2) is 11.8 Å². The van der Waals surface area contributed by atoms with Gasteiger partial charge < -0.3 is 9.16 Å². The molecule has 2 aliphatic carbocycles. The normalized spacial score (nSPS) is 33.7. The fourth-order valence-corrected chi connectivity index (χ4v) is 5.02. The van der Waals surface area contributed by atoms with Gasteiger partial charge in [-0.2, -0.15) is 0 Å². The van der Waals surface area contributed by atoms with Gasteiger partial charge in [0.2, 0.25) is 8.32 Å². The molecule has 0 spiro atoms. The Labute approximate surface area is 138 Å². The van der Waals surface area contributed by atoms with Gasteiger partial charge in [-0.15, -0.1) is 0 Å². The zero-order chi connectivity index (χ0) is 16.6. The summed E-state index contributed by atoms with van der Waals surface area (Å²) in [6.45, 7) is 14.1. The Morgan fingerprint density at radius 1 is 1.18 bits per heavy atom. The van der Waals surface area contributed by atoms with E-state index in [0.29, 0.717) is 17.4 Å². The van der Waals surface area contributed by atoms with Crippen LogP contribution in [0.3, 0.4) is 0 Å². The van der Waals surface area contributed by atoms with Crippen LogP contribution < -0.4 is 0 Å². The third-order valence-electron chi connectivity index (χ3n) is 6.63. The molecule has 1 fully saturated rings. The summed E-state index contributed by atoms with van der Waals surface area (Å²) in [5, 5.41) is 0.271. The van der Waals surface area contributed by atoms with Crippen LogP contribution in [-0.4, -0.2) is 21.5 Å². The molecule has 0 aromatic carbocycles. The number of allylic oxidation sites excluding steroid dienone is 2. The summed E-state index contributed by atoms with van der Waals surface area (Å²) in [6, 6.07) is 0. The van der Waals surface area contributed by atoms with E-state index < -0.39 is 8.32 Å². The van der Waals surface area contributed by atoms with Gasteiger partial charge in [0.25, 0.3) is 0 Å². The summed E-state index contributed by atoms with van der Waals surface area (Å²) in [7, 11) is 0.182. The zero-order valence-corrected chi connectivity index (χ0v) is 16.8. The number of hydrogen-bond acceptors (Lipinski definition) is 2. The number of rotatable bonds is 3. The first-order valence-corrected chi connectivity index (χ1v) is 11.9. The largest absolute Gasteiger partial charge is 0.547 e. The van der Waals surface area contributed by atoms with E-state index in [1.54, 1.807) is 0 Å². The predicted octanol–water partition coefficient (Wildman–Crippen LogP) is 5.90. The maximum Gasteiger partial charge on any atom is 0.250 e. The number of hydrogen-bond donors (Lipinski definition) is 0. The topological polar surface area (TPSA) is 18.5 Å². The lowest BCUT2D eigenvalue weighted by Gasteiger charge is -2.46. The molecular formula is C19H36O2Si. The summed E-state index contributed by atoms with van der Waals surface area (Å²) in [6.07, 6.45) is 10.2. The average Bonchev–Trinajstić information content (AvgIpc) is 2.56. The fraction of sp³-hybridized carbons (Fsp3) is 0.895. The Hall–Kier alpha value is -0.283. The highest BCUT2D eigenvalue weighted by molar-refractivity contribution is 6.74. The van der Waals surface area contributed by atoms with Crippen molar-refractivity contribution in [2.45, 2.75) is 90.5 Å². The van der Waals surface area contributed by atoms with E-state index in [1.165, 1.54) is 31.4 Å². The van der Waals surface area contributed by atoms with Gasteiger partial charge in [-0.05, 0) is 49.4 Å². The highest BCUT2D eigenvalue weighted by atomic mass is 28.4. The van der Waals surface area contributed by atoms with E-state index in [4.69, 9.17) is 9.16 Å². The van der Waals surface area contributed by atoms with Gasteiger partial charge in [-0.3, -0.25) is 0 Å². The molecule has 0 radical (unpaired) electrons. The number of fused-ring (bicyclic) bond motifs is 1. The van der Waals surface area contributed by atoms with Crippen molar-refractivity contribution in [2.24, 2.45) is 11.3 Å². The Morgan fingerprint density at radius 2 is 1.82 bits per heavy atom. The maximum atomic E-state index is 6.61. The molecule has 0 aliphatic heterocycles. The van der Waals surface area contributed by atoms with Crippen molar-refractivity contribution in [1.82, 2.24) is 0 Å². The first kappa shape index (κ1) is 18.1. The van der Waals surface area contributed by atoms with Crippen molar-refractivity contribution in [1.29, 1.82) is 0 Å². The minimum absolute atomic E-state index is 0.271. The van der Waals surface area contributed by atoms with E-state index in [9.17, 15) is 0 Å². The molecule has 0 aromatic heterocycles. The molecule has 2 aliphatic rings. The Morgan fingerprint density at radius 3 is 2.41 bits per heavy atom. The molecule has 0 heterocycles. The smallest absolute Gasteiger partial charge is 0.250 e. The lowest BCUT2D eigenvalue weighted by molar-refractivity contribution is -0.0415. The molecule has 2 nitrogen and oxygen atoms in total. The summed E-state index contributed by atoms with van der Waals surface area (Å²) < 4.78 is 12.5. The van der Waals surface area contributed by atoms with E-state index in [-0.39, 0.29) is 5.04 Å². The van der Waals surface area contributed by atoms with Crippen molar-refractivity contribution >= 4 is 8.32 Å². The van der Waals surface area contributed by atoms with Crippen LogP contribution in [0, 0.1) is 11.3 Å². The SMILES string of the molecule is CO[C@H]1CCCC[C@H]2CC(O[Si](C)(C)C(C)(C)C)=CC[C@@]21C. The lowest BCUT2D eigenvalue weighted by Crippen LogP contribution is -2.44. The standard InChI is InChI=1S/C19H36O2Si/c1-18(2,3)22(6,7)21-16-12-13-19(4)15(14-16)10-8-9-11-17(19)20-5/h12,15,17H,8-11,13-14H2,1-7H3/t15-,17-,19-/m0/s1. The number of ether oxygens (including phenoxy) is 1. The minimum atomic E-state index is -1.71. The Bertz CT molecular complexity index is 422. The highest BCUT2D eigenvalue weighted by Crippen LogP contribution is 2.50. The van der Waals surface area contributed by atoms with Gasteiger partial charge in [-0.1, -0.05) is 40.5 Å². The summed E-state index contributed by atoms with van der Waals surface area (Å²) in [5.41, 5.74) is 0.297. The van der Waals surface area contributed by atoms with Crippen molar-refractivity contribution in [2.75, 3.05) is 7.11 Å². The summed E-state index contributed by atoms with van der Waals surface area (Å²) in [4.78, 5) is 0. The van der Waals surface area contributed by atoms with Crippen molar-refractivity contribution in [3.8, 4) is 0 Å². The van der Waals surface area contributed by atoms with Crippen LogP contribution in [0.25, 0.3) is 0 Å². The third kappa shape index (κ3) is 3.45. The summed E-state index contributed by atoms with van der Waals surface area (Å²) >= 11 is 0. The van der Waals surface area contributed by atoms with Gasteiger partial charge in [0, 0.05) is 18.9 Å². The van der Waals surface area contributed by atoms with Gasteiger partial charge in [0.1, 0.15) is 0 Å². The zero-order valence-electron chi connectivity index (χ0n) is 15.8. The fourth-order valence-electron chi connectivity index (χ4n) is 3.89. The van der Waals surface area contributed by atoms with Crippen molar-refractivity contribution < 1.29 is 9.16 Å². The van der Waals surface area contributed by atoms with Crippen molar-refractivity contribution in [3.63, 3.8) is 0 Å². The Kier molecular flexibility index (Phi) is 5.18. The molecule has 128 valence electrons. The molecule has 1 saturated carbocycles. The van der Waals surface area contributed by atoms with Crippen molar-refractivity contribution in [3.05, 3.63) is 11.8 Å². The first-order chi connectivity index (χ1) is 10.1. The predicted molar refractivity (Wildman–Crippen MR) is 96.5 cm³/mol. The molecule has 0 aromatic rings. The molecule has 0 N–H and O–H groups in total. The second kappa shape index (κ2) is 6.31. The van der Waals surface area contributed by atoms with Crippen LogP contribution >= 0.6 is 0 Å². The quantitative estimate of drug-likeness (QED) is 0.602. The first-order valence-electron chi connectivity index (χ1n) is 9.01. The van der Waals surface area contributed by atoms with Gasteiger partial charge >= 0.3 is 0 Å². The molecule has 0 saturated heterocycles. The Balaban J connectivity index is 2.16. The van der Waals surface area contributed by atoms with Gasteiger partial charge in [-0.25, -0.2) is 0 Å². The molecule has 0 bridgehead atoms. The van der Waals surface area contributed by atoms with Gasteiger partial charge in [0.05, 0.1) is 11.9 Å². The average molecular weight is 325 g/mol. The van der Waals surface area contributed by atoms with E-state index in [2.05, 4.69) is 46.9 Å². The number of methoxy groups -OCH3 is 1. The molecule has 3 atom stereocenters. The maximum absolute atomic E-state index is 6.61. The highest BCUT2D eigenvalue weighted by Gasteiger charge is 2.46. The molecule has 3 heteroatoms. The molecule has 0 amide bonds. The second-order valence-corrected chi connectivity index (χ2v) is 13.9. The van der Waals surface area contributed by atoms with E-state index >= 15 is 0 Å². The van der Waals surface area contributed by atoms with Crippen LogP contribution in [0.2, 0.25) is 18.1 Å². The monoisotopic (exact) mass is 324 g/mol. The van der Waals surface area contributed by atoms with Crippen LogP contribution in [0.1, 0.15) is 66.2 Å². The summed E-state index contributed by atoms with van der Waals surface area (Å²) in [5.74, 6) is 1.98. The second-order valence-electron chi connectivity index (χ2n) is 9.15. The van der Waals surface area contributed by atoms with E-state index in [1.807, 2.05) is 7.11 Å². The van der Waals surface area contributed by atoms with E-state index in [0.717, 1.165) is 12.8 Å². The molecule has 22 heavy (non-hydrogen) atoms. The van der Waals surface area contributed by atoms with Crippen LogP contribution in [-0.2, 0) is 9.16 Å². The molecule has 0 unspecified atom stereocenters. The lowest BCUT2D eigenvalue weighted by atomic mass is 9.65. The molecular weight excluding hydrogens is 288 g/mol. The van der Waals surface area contributed by atoms with Crippen LogP contribution in [0.5, 0.6) is 0 Å². The van der Waals surface area contributed by atoms with Gasteiger partial charge in [0.15, 0.2) is 0 Å². The third-order valence-corrected chi connectivity index (χ3v) is 11.0. The van der Waals surface area contributed by atoms with Crippen LogP contribution in [0.4, 0.5) is 0 Å². The minimum Gasteiger partial charge on any atom is -0.547 e. The molecule has 2 rings (SSSR count).